The maximum Gasteiger partial charge on any atom is 0.0252 e. The lowest BCUT2D eigenvalue weighted by atomic mass is 9.95. The lowest BCUT2D eigenvalue weighted by Gasteiger charge is -2.46. The van der Waals surface area contributed by atoms with E-state index in [-0.39, 0.29) is 0 Å². The van der Waals surface area contributed by atoms with Crippen molar-refractivity contribution in [3.8, 4) is 0 Å². The zero-order valence-electron chi connectivity index (χ0n) is 11.4. The Labute approximate surface area is 101 Å². The van der Waals surface area contributed by atoms with Crippen LogP contribution in [0.3, 0.4) is 0 Å². The van der Waals surface area contributed by atoms with E-state index < -0.39 is 0 Å². The van der Waals surface area contributed by atoms with Crippen molar-refractivity contribution in [2.24, 2.45) is 11.8 Å². The van der Waals surface area contributed by atoms with Crippen LogP contribution in [0, 0.1) is 11.8 Å². The molecule has 2 nitrogen and oxygen atoms in total. The van der Waals surface area contributed by atoms with E-state index in [1.165, 1.54) is 38.9 Å². The van der Waals surface area contributed by atoms with Crippen molar-refractivity contribution in [1.82, 2.24) is 10.2 Å². The Kier molecular flexibility index (Phi) is 3.60. The van der Waals surface area contributed by atoms with Gasteiger partial charge in [0.05, 0.1) is 0 Å². The molecule has 0 radical (unpaired) electrons. The highest BCUT2D eigenvalue weighted by atomic mass is 15.3. The average molecular weight is 224 g/mol. The standard InChI is InChI=1S/C14H28N2/c1-5-11(2)9-16-10-14(3,4)15-8-13(16)12-6-7-12/h11-13,15H,5-10H2,1-4H3. The highest BCUT2D eigenvalue weighted by molar-refractivity contribution is 4.98. The van der Waals surface area contributed by atoms with Crippen molar-refractivity contribution in [3.05, 3.63) is 0 Å². The highest BCUT2D eigenvalue weighted by Crippen LogP contribution is 2.37. The van der Waals surface area contributed by atoms with E-state index in [2.05, 4.69) is 37.9 Å². The minimum absolute atomic E-state index is 0.304. The zero-order valence-corrected chi connectivity index (χ0v) is 11.4. The molecule has 2 heteroatoms. The molecule has 1 heterocycles. The van der Waals surface area contributed by atoms with Crippen LogP contribution in [-0.2, 0) is 0 Å². The summed E-state index contributed by atoms with van der Waals surface area (Å²) in [5.74, 6) is 1.84. The molecule has 1 saturated carbocycles. The normalized spacial score (nSPS) is 32.6. The Bertz CT molecular complexity index is 233. The van der Waals surface area contributed by atoms with Gasteiger partial charge in [0.1, 0.15) is 0 Å². The summed E-state index contributed by atoms with van der Waals surface area (Å²) in [6.07, 6.45) is 4.23. The van der Waals surface area contributed by atoms with E-state index >= 15 is 0 Å². The number of piperazine rings is 1. The Morgan fingerprint density at radius 3 is 2.62 bits per heavy atom. The Balaban J connectivity index is 1.96. The van der Waals surface area contributed by atoms with E-state index in [0.29, 0.717) is 5.54 Å². The quantitative estimate of drug-likeness (QED) is 0.789. The number of hydrogen-bond acceptors (Lipinski definition) is 2. The SMILES string of the molecule is CCC(C)CN1CC(C)(C)NCC1C1CC1. The third-order valence-corrected chi connectivity index (χ3v) is 4.27. The van der Waals surface area contributed by atoms with Gasteiger partial charge >= 0.3 is 0 Å². The van der Waals surface area contributed by atoms with Crippen LogP contribution in [0.25, 0.3) is 0 Å². The molecule has 1 saturated heterocycles. The van der Waals surface area contributed by atoms with Gasteiger partial charge < -0.3 is 5.32 Å². The lowest BCUT2D eigenvalue weighted by Crippen LogP contribution is -2.62. The van der Waals surface area contributed by atoms with Gasteiger partial charge in [-0.15, -0.1) is 0 Å². The molecule has 2 aliphatic rings. The van der Waals surface area contributed by atoms with Crippen LogP contribution >= 0.6 is 0 Å². The summed E-state index contributed by atoms with van der Waals surface area (Å²) in [5.41, 5.74) is 0.304. The van der Waals surface area contributed by atoms with E-state index in [1.54, 1.807) is 0 Å². The average Bonchev–Trinajstić information content (AvgIpc) is 3.00. The predicted molar refractivity (Wildman–Crippen MR) is 69.6 cm³/mol. The number of rotatable bonds is 4. The van der Waals surface area contributed by atoms with Crippen LogP contribution < -0.4 is 5.32 Å². The van der Waals surface area contributed by atoms with E-state index in [0.717, 1.165) is 17.9 Å². The molecule has 2 rings (SSSR count). The van der Waals surface area contributed by atoms with Gasteiger partial charge in [0.15, 0.2) is 0 Å². The molecule has 0 aromatic heterocycles. The molecule has 94 valence electrons. The molecular formula is C14H28N2. The molecule has 2 atom stereocenters. The fourth-order valence-corrected chi connectivity index (χ4v) is 2.87. The summed E-state index contributed by atoms with van der Waals surface area (Å²) in [6.45, 7) is 13.1. The summed E-state index contributed by atoms with van der Waals surface area (Å²) in [6, 6.07) is 0.821. The fourth-order valence-electron chi connectivity index (χ4n) is 2.87. The fraction of sp³-hybridized carbons (Fsp3) is 1.00. The van der Waals surface area contributed by atoms with Crippen LogP contribution in [0.5, 0.6) is 0 Å². The Morgan fingerprint density at radius 1 is 1.38 bits per heavy atom. The lowest BCUT2D eigenvalue weighted by molar-refractivity contribution is 0.0693. The summed E-state index contributed by atoms with van der Waals surface area (Å²) >= 11 is 0. The van der Waals surface area contributed by atoms with Gasteiger partial charge in [0, 0.05) is 31.2 Å². The minimum atomic E-state index is 0.304. The molecule has 1 aliphatic heterocycles. The van der Waals surface area contributed by atoms with Gasteiger partial charge in [0.2, 0.25) is 0 Å². The topological polar surface area (TPSA) is 15.3 Å². The first-order chi connectivity index (χ1) is 7.52. The van der Waals surface area contributed by atoms with E-state index in [1.807, 2.05) is 0 Å². The van der Waals surface area contributed by atoms with Crippen LogP contribution in [0.1, 0.15) is 47.0 Å². The van der Waals surface area contributed by atoms with E-state index in [9.17, 15) is 0 Å². The molecule has 0 bridgehead atoms. The molecule has 0 spiro atoms. The van der Waals surface area contributed by atoms with Crippen LogP contribution in [0.15, 0.2) is 0 Å². The van der Waals surface area contributed by atoms with Crippen molar-refractivity contribution < 1.29 is 0 Å². The maximum atomic E-state index is 3.71. The predicted octanol–water partition coefficient (Wildman–Crippen LogP) is 2.49. The molecule has 0 amide bonds. The van der Waals surface area contributed by atoms with Crippen molar-refractivity contribution in [2.45, 2.75) is 58.5 Å². The Morgan fingerprint density at radius 2 is 2.06 bits per heavy atom. The van der Waals surface area contributed by atoms with Crippen LogP contribution in [-0.4, -0.2) is 36.1 Å². The van der Waals surface area contributed by atoms with Crippen molar-refractivity contribution >= 4 is 0 Å². The van der Waals surface area contributed by atoms with Crippen LogP contribution in [0.2, 0.25) is 0 Å². The summed E-state index contributed by atoms with van der Waals surface area (Å²) in [4.78, 5) is 2.77. The molecule has 0 aromatic rings. The van der Waals surface area contributed by atoms with Crippen molar-refractivity contribution in [2.75, 3.05) is 19.6 Å². The molecule has 2 fully saturated rings. The maximum absolute atomic E-state index is 3.71. The Hall–Kier alpha value is -0.0800. The molecule has 2 unspecified atom stereocenters. The van der Waals surface area contributed by atoms with Gasteiger partial charge in [-0.3, -0.25) is 4.90 Å². The molecule has 0 aromatic carbocycles. The van der Waals surface area contributed by atoms with Gasteiger partial charge in [-0.2, -0.15) is 0 Å². The number of hydrogen-bond donors (Lipinski definition) is 1. The third-order valence-electron chi connectivity index (χ3n) is 4.27. The van der Waals surface area contributed by atoms with Crippen molar-refractivity contribution in [1.29, 1.82) is 0 Å². The summed E-state index contributed by atoms with van der Waals surface area (Å²) in [5, 5.41) is 3.71. The van der Waals surface area contributed by atoms with Gasteiger partial charge in [0.25, 0.3) is 0 Å². The zero-order chi connectivity index (χ0) is 11.8. The van der Waals surface area contributed by atoms with Crippen molar-refractivity contribution in [3.63, 3.8) is 0 Å². The molecule has 1 aliphatic carbocycles. The monoisotopic (exact) mass is 224 g/mol. The summed E-state index contributed by atoms with van der Waals surface area (Å²) < 4.78 is 0. The smallest absolute Gasteiger partial charge is 0.0252 e. The second kappa shape index (κ2) is 4.66. The first kappa shape index (κ1) is 12.4. The van der Waals surface area contributed by atoms with Crippen LogP contribution in [0.4, 0.5) is 0 Å². The minimum Gasteiger partial charge on any atom is -0.309 e. The van der Waals surface area contributed by atoms with Gasteiger partial charge in [-0.1, -0.05) is 20.3 Å². The summed E-state index contributed by atoms with van der Waals surface area (Å²) in [7, 11) is 0. The molecular weight excluding hydrogens is 196 g/mol. The van der Waals surface area contributed by atoms with Gasteiger partial charge in [-0.05, 0) is 38.5 Å². The number of nitrogens with zero attached hydrogens (tertiary/aromatic N) is 1. The largest absolute Gasteiger partial charge is 0.309 e. The highest BCUT2D eigenvalue weighted by Gasteiger charge is 2.40. The van der Waals surface area contributed by atoms with E-state index in [4.69, 9.17) is 0 Å². The molecule has 1 N–H and O–H groups in total. The number of nitrogens with one attached hydrogen (secondary N) is 1. The second-order valence-electron chi connectivity index (χ2n) is 6.61. The molecule has 16 heavy (non-hydrogen) atoms. The first-order valence-electron chi connectivity index (χ1n) is 7.01. The first-order valence-corrected chi connectivity index (χ1v) is 7.01. The third kappa shape index (κ3) is 2.98. The second-order valence-corrected chi connectivity index (χ2v) is 6.61. The van der Waals surface area contributed by atoms with Gasteiger partial charge in [-0.25, -0.2) is 0 Å².